The summed E-state index contributed by atoms with van der Waals surface area (Å²) in [7, 11) is 0. The average Bonchev–Trinajstić information content (AvgIpc) is 2.80. The Kier molecular flexibility index (Phi) is 9.92. The number of aliphatic hydroxyl groups is 1. The molecule has 1 aliphatic heterocycles. The number of anilines is 2. The van der Waals surface area contributed by atoms with Gasteiger partial charge in [-0.15, -0.1) is 0 Å². The standard InChI is InChI=1S/C23H39FN6O2/c1-2-3-12-25-23-26-16-20(21(29-23)27-17-5-7-19(31)8-6-17)22(32)28-18-9-14-30(15-10-18)13-4-11-24/h16-19,31H,2-15H2,1H3,(H,28,32)(H2,25,26,27,29)/i24-1. The third-order valence-corrected chi connectivity index (χ3v) is 6.42. The summed E-state index contributed by atoms with van der Waals surface area (Å²) in [4.78, 5) is 24.3. The predicted octanol–water partition coefficient (Wildman–Crippen LogP) is 2.96. The highest BCUT2D eigenvalue weighted by atomic mass is 18.2. The molecule has 32 heavy (non-hydrogen) atoms. The first-order valence-corrected chi connectivity index (χ1v) is 12.2. The normalized spacial score (nSPS) is 22.5. The van der Waals surface area contributed by atoms with Gasteiger partial charge in [-0.1, -0.05) is 13.3 Å². The van der Waals surface area contributed by atoms with Gasteiger partial charge in [-0.2, -0.15) is 4.98 Å². The summed E-state index contributed by atoms with van der Waals surface area (Å²) in [6.45, 7) is 5.16. The fourth-order valence-corrected chi connectivity index (χ4v) is 4.38. The van der Waals surface area contributed by atoms with Crippen molar-refractivity contribution in [3.05, 3.63) is 11.8 Å². The maximum Gasteiger partial charge on any atom is 0.256 e. The maximum absolute atomic E-state index is 13.1. The van der Waals surface area contributed by atoms with Crippen molar-refractivity contribution < 1.29 is 14.3 Å². The lowest BCUT2D eigenvalue weighted by atomic mass is 9.93. The van der Waals surface area contributed by atoms with E-state index in [1.807, 2.05) is 0 Å². The Morgan fingerprint density at radius 3 is 2.59 bits per heavy atom. The van der Waals surface area contributed by atoms with Gasteiger partial charge in [0.15, 0.2) is 0 Å². The smallest absolute Gasteiger partial charge is 0.256 e. The summed E-state index contributed by atoms with van der Waals surface area (Å²) >= 11 is 0. The molecule has 3 rings (SSSR count). The van der Waals surface area contributed by atoms with Gasteiger partial charge in [0.1, 0.15) is 11.4 Å². The van der Waals surface area contributed by atoms with Crippen LogP contribution in [0.3, 0.4) is 0 Å². The number of aliphatic hydroxyl groups excluding tert-OH is 1. The molecule has 0 aromatic carbocycles. The molecule has 0 spiro atoms. The van der Waals surface area contributed by atoms with Gasteiger partial charge in [-0.25, -0.2) is 4.98 Å². The van der Waals surface area contributed by atoms with Gasteiger partial charge < -0.3 is 26.0 Å². The number of nitrogens with zero attached hydrogens (tertiary/aromatic N) is 3. The largest absolute Gasteiger partial charge is 0.393 e. The number of hydrogen-bond donors (Lipinski definition) is 4. The number of alkyl halides is 1. The van der Waals surface area contributed by atoms with E-state index in [4.69, 9.17) is 0 Å². The molecule has 8 nitrogen and oxygen atoms in total. The molecule has 2 heterocycles. The Morgan fingerprint density at radius 1 is 1.16 bits per heavy atom. The lowest BCUT2D eigenvalue weighted by molar-refractivity contribution is 0.0910. The Morgan fingerprint density at radius 2 is 1.91 bits per heavy atom. The number of aromatic nitrogens is 2. The number of nitrogens with one attached hydrogen (secondary N) is 3. The zero-order valence-corrected chi connectivity index (χ0v) is 19.3. The van der Waals surface area contributed by atoms with E-state index in [1.54, 1.807) is 6.20 Å². The van der Waals surface area contributed by atoms with E-state index in [0.717, 1.165) is 77.5 Å². The molecule has 4 N–H and O–H groups in total. The molecule has 2 aliphatic rings. The lowest BCUT2D eigenvalue weighted by Gasteiger charge is -2.32. The average molecular weight is 450 g/mol. The number of unbranched alkanes of at least 4 members (excludes halogenated alkanes) is 1. The van der Waals surface area contributed by atoms with Crippen molar-refractivity contribution in [1.29, 1.82) is 0 Å². The van der Waals surface area contributed by atoms with E-state index in [1.165, 1.54) is 0 Å². The maximum atomic E-state index is 13.1. The zero-order chi connectivity index (χ0) is 22.8. The third-order valence-electron chi connectivity index (χ3n) is 6.42. The monoisotopic (exact) mass is 449 g/mol. The van der Waals surface area contributed by atoms with E-state index < -0.39 is 0 Å². The van der Waals surface area contributed by atoms with Gasteiger partial charge >= 0.3 is 0 Å². The van der Waals surface area contributed by atoms with E-state index in [0.29, 0.717) is 23.8 Å². The second kappa shape index (κ2) is 12.9. The summed E-state index contributed by atoms with van der Waals surface area (Å²) < 4.78 is 12.4. The van der Waals surface area contributed by atoms with Crippen LogP contribution in [0.1, 0.15) is 75.1 Å². The topological polar surface area (TPSA) is 102 Å². The number of piperidine rings is 1. The van der Waals surface area contributed by atoms with Crippen molar-refractivity contribution in [3.63, 3.8) is 0 Å². The number of halogens is 1. The fraction of sp³-hybridized carbons (Fsp3) is 0.783. The highest BCUT2D eigenvalue weighted by molar-refractivity contribution is 5.98. The molecule has 1 amide bonds. The number of carbonyl (C=O) groups is 1. The van der Waals surface area contributed by atoms with Crippen LogP contribution < -0.4 is 16.0 Å². The SMILES string of the molecule is CCCCNc1ncc(C(=O)NC2CCN(CCC[18F])CC2)c(NC2CCC(O)CC2)n1. The molecule has 0 radical (unpaired) electrons. The molecular weight excluding hydrogens is 410 g/mol. The van der Waals surface area contributed by atoms with Gasteiger partial charge in [-0.3, -0.25) is 9.18 Å². The van der Waals surface area contributed by atoms with Crippen molar-refractivity contribution in [2.45, 2.75) is 82.9 Å². The molecular formula is C23H39FN6O2. The van der Waals surface area contributed by atoms with Crippen LogP contribution in [0.2, 0.25) is 0 Å². The van der Waals surface area contributed by atoms with E-state index in [2.05, 4.69) is 37.7 Å². The van der Waals surface area contributed by atoms with Gasteiger partial charge in [0.25, 0.3) is 5.91 Å². The summed E-state index contributed by atoms with van der Waals surface area (Å²) in [5, 5.41) is 19.6. The molecule has 0 unspecified atom stereocenters. The molecule has 9 heteroatoms. The minimum absolute atomic E-state index is 0.101. The second-order valence-electron chi connectivity index (χ2n) is 9.02. The predicted molar refractivity (Wildman–Crippen MR) is 125 cm³/mol. The Bertz CT molecular complexity index is 706. The number of carbonyl (C=O) groups excluding carboxylic acids is 1. The fourth-order valence-electron chi connectivity index (χ4n) is 4.38. The zero-order valence-electron chi connectivity index (χ0n) is 19.3. The lowest BCUT2D eigenvalue weighted by Crippen LogP contribution is -2.45. The number of likely N-dealkylation sites (tertiary alicyclic amines) is 1. The molecule has 0 bridgehead atoms. The van der Waals surface area contributed by atoms with Crippen molar-refractivity contribution in [2.24, 2.45) is 0 Å². The number of hydrogen-bond acceptors (Lipinski definition) is 7. The van der Waals surface area contributed by atoms with Crippen molar-refractivity contribution in [1.82, 2.24) is 20.2 Å². The summed E-state index contributed by atoms with van der Waals surface area (Å²) in [5.74, 6) is 0.915. The van der Waals surface area contributed by atoms with Gasteiger partial charge in [0.2, 0.25) is 5.95 Å². The van der Waals surface area contributed by atoms with Crippen LogP contribution in [-0.2, 0) is 0 Å². The van der Waals surface area contributed by atoms with E-state index in [9.17, 15) is 14.3 Å². The number of amides is 1. The van der Waals surface area contributed by atoms with Crippen LogP contribution in [0.4, 0.5) is 16.2 Å². The highest BCUT2D eigenvalue weighted by Crippen LogP contribution is 2.24. The molecule has 1 saturated carbocycles. The summed E-state index contributed by atoms with van der Waals surface area (Å²) in [6.07, 6.45) is 8.98. The van der Waals surface area contributed by atoms with Crippen molar-refractivity contribution in [2.75, 3.05) is 43.5 Å². The molecule has 2 fully saturated rings. The third kappa shape index (κ3) is 7.55. The van der Waals surface area contributed by atoms with Crippen LogP contribution in [-0.4, -0.2) is 76.9 Å². The van der Waals surface area contributed by atoms with Crippen LogP contribution in [0.25, 0.3) is 0 Å². The minimum Gasteiger partial charge on any atom is -0.393 e. The van der Waals surface area contributed by atoms with E-state index in [-0.39, 0.29) is 30.8 Å². The summed E-state index contributed by atoms with van der Waals surface area (Å²) in [6, 6.07) is 0.284. The molecule has 0 atom stereocenters. The highest BCUT2D eigenvalue weighted by Gasteiger charge is 2.25. The van der Waals surface area contributed by atoms with Gasteiger partial charge in [0.05, 0.1) is 12.8 Å². The molecule has 1 aromatic heterocycles. The number of rotatable bonds is 11. The van der Waals surface area contributed by atoms with Crippen LogP contribution in [0.5, 0.6) is 0 Å². The Balaban J connectivity index is 1.63. The first-order chi connectivity index (χ1) is 15.6. The van der Waals surface area contributed by atoms with Crippen LogP contribution in [0.15, 0.2) is 6.20 Å². The van der Waals surface area contributed by atoms with Gasteiger partial charge in [0, 0.05) is 44.5 Å². The first-order valence-electron chi connectivity index (χ1n) is 12.2. The van der Waals surface area contributed by atoms with Crippen LogP contribution in [0, 0.1) is 0 Å². The van der Waals surface area contributed by atoms with Crippen molar-refractivity contribution in [3.8, 4) is 0 Å². The van der Waals surface area contributed by atoms with E-state index >= 15 is 0 Å². The van der Waals surface area contributed by atoms with Crippen LogP contribution >= 0.6 is 0 Å². The van der Waals surface area contributed by atoms with Crippen molar-refractivity contribution >= 4 is 17.7 Å². The molecule has 180 valence electrons. The second-order valence-corrected chi connectivity index (χ2v) is 9.02. The summed E-state index contributed by atoms with van der Waals surface area (Å²) in [5.41, 5.74) is 0.456. The first kappa shape index (κ1) is 24.6. The van der Waals surface area contributed by atoms with Gasteiger partial charge in [-0.05, 0) is 51.4 Å². The molecule has 1 saturated heterocycles. The Labute approximate surface area is 190 Å². The molecule has 1 aromatic rings. The molecule has 1 aliphatic carbocycles. The quantitative estimate of drug-likeness (QED) is 0.385. The minimum atomic E-state index is -0.282. The Hall–Kier alpha value is -2.00.